The Balaban J connectivity index is 1.87. The molecule has 3 rings (SSSR count). The SMILES string of the molecule is CC(=O)c1ccc(N2CCC[C@H]3CCCC[C@H]32)cc1N. The highest BCUT2D eigenvalue weighted by Gasteiger charge is 2.33. The molecule has 1 saturated heterocycles. The number of fused-ring (bicyclic) bond motifs is 1. The summed E-state index contributed by atoms with van der Waals surface area (Å²) >= 11 is 0. The number of carbonyl (C=O) groups is 1. The maximum Gasteiger partial charge on any atom is 0.161 e. The van der Waals surface area contributed by atoms with E-state index in [-0.39, 0.29) is 5.78 Å². The van der Waals surface area contributed by atoms with Crippen LogP contribution < -0.4 is 10.6 Å². The first-order valence-corrected chi connectivity index (χ1v) is 7.84. The molecular weight excluding hydrogens is 248 g/mol. The number of hydrogen-bond acceptors (Lipinski definition) is 3. The normalized spacial score (nSPS) is 26.1. The zero-order valence-corrected chi connectivity index (χ0v) is 12.3. The Morgan fingerprint density at radius 3 is 2.70 bits per heavy atom. The quantitative estimate of drug-likeness (QED) is 0.660. The lowest BCUT2D eigenvalue weighted by molar-refractivity contribution is 0.101. The molecule has 108 valence electrons. The van der Waals surface area contributed by atoms with E-state index in [1.165, 1.54) is 44.2 Å². The Morgan fingerprint density at radius 2 is 1.95 bits per heavy atom. The molecule has 3 heteroatoms. The molecule has 0 aromatic heterocycles. The van der Waals surface area contributed by atoms with Crippen LogP contribution in [-0.2, 0) is 0 Å². The monoisotopic (exact) mass is 272 g/mol. The van der Waals surface area contributed by atoms with Gasteiger partial charge in [0, 0.05) is 29.5 Å². The van der Waals surface area contributed by atoms with E-state index < -0.39 is 0 Å². The van der Waals surface area contributed by atoms with Gasteiger partial charge >= 0.3 is 0 Å². The van der Waals surface area contributed by atoms with E-state index >= 15 is 0 Å². The van der Waals surface area contributed by atoms with Crippen molar-refractivity contribution >= 4 is 17.2 Å². The predicted octanol–water partition coefficient (Wildman–Crippen LogP) is 3.63. The fourth-order valence-corrected chi connectivity index (χ4v) is 3.99. The van der Waals surface area contributed by atoms with Crippen LogP contribution in [0.25, 0.3) is 0 Å². The maximum atomic E-state index is 11.5. The van der Waals surface area contributed by atoms with Gasteiger partial charge in [-0.2, -0.15) is 0 Å². The van der Waals surface area contributed by atoms with Crippen LogP contribution in [0.1, 0.15) is 55.8 Å². The van der Waals surface area contributed by atoms with E-state index in [1.807, 2.05) is 12.1 Å². The molecule has 2 aliphatic rings. The predicted molar refractivity (Wildman–Crippen MR) is 83.2 cm³/mol. The van der Waals surface area contributed by atoms with Gasteiger partial charge in [-0.15, -0.1) is 0 Å². The van der Waals surface area contributed by atoms with Crippen molar-refractivity contribution in [3.63, 3.8) is 0 Å². The summed E-state index contributed by atoms with van der Waals surface area (Å²) in [6.07, 6.45) is 8.07. The Morgan fingerprint density at radius 1 is 1.20 bits per heavy atom. The van der Waals surface area contributed by atoms with Gasteiger partial charge in [-0.3, -0.25) is 4.79 Å². The second-order valence-corrected chi connectivity index (χ2v) is 6.28. The highest BCUT2D eigenvalue weighted by atomic mass is 16.1. The van der Waals surface area contributed by atoms with Gasteiger partial charge in [-0.1, -0.05) is 12.8 Å². The molecule has 2 atom stereocenters. The topological polar surface area (TPSA) is 46.3 Å². The van der Waals surface area contributed by atoms with Crippen LogP contribution in [0.2, 0.25) is 0 Å². The molecule has 1 saturated carbocycles. The van der Waals surface area contributed by atoms with E-state index in [1.54, 1.807) is 6.92 Å². The van der Waals surface area contributed by atoms with Crippen LogP contribution in [0, 0.1) is 5.92 Å². The Hall–Kier alpha value is -1.51. The van der Waals surface area contributed by atoms with Crippen molar-refractivity contribution in [1.82, 2.24) is 0 Å². The lowest BCUT2D eigenvalue weighted by Gasteiger charge is -2.45. The van der Waals surface area contributed by atoms with Crippen molar-refractivity contribution in [3.8, 4) is 0 Å². The van der Waals surface area contributed by atoms with Crippen molar-refractivity contribution in [2.75, 3.05) is 17.2 Å². The summed E-state index contributed by atoms with van der Waals surface area (Å²) in [6.45, 7) is 2.70. The Bertz CT molecular complexity index is 510. The fraction of sp³-hybridized carbons (Fsp3) is 0.588. The molecule has 20 heavy (non-hydrogen) atoms. The van der Waals surface area contributed by atoms with Crippen molar-refractivity contribution in [3.05, 3.63) is 23.8 Å². The lowest BCUT2D eigenvalue weighted by Crippen LogP contribution is -2.46. The van der Waals surface area contributed by atoms with Crippen LogP contribution in [0.15, 0.2) is 18.2 Å². The van der Waals surface area contributed by atoms with E-state index in [9.17, 15) is 4.79 Å². The van der Waals surface area contributed by atoms with E-state index in [0.717, 1.165) is 12.5 Å². The molecule has 0 unspecified atom stereocenters. The first kappa shape index (κ1) is 13.5. The zero-order chi connectivity index (χ0) is 14.1. The van der Waals surface area contributed by atoms with E-state index in [4.69, 9.17) is 5.73 Å². The number of Topliss-reactive ketones (excluding diaryl/α,β-unsaturated/α-hetero) is 1. The largest absolute Gasteiger partial charge is 0.398 e. The molecule has 0 spiro atoms. The van der Waals surface area contributed by atoms with Gasteiger partial charge in [-0.05, 0) is 56.7 Å². The van der Waals surface area contributed by atoms with Crippen molar-refractivity contribution < 1.29 is 4.79 Å². The molecule has 1 aliphatic carbocycles. The minimum absolute atomic E-state index is 0.0447. The number of anilines is 2. The van der Waals surface area contributed by atoms with Crippen molar-refractivity contribution in [2.45, 2.75) is 51.5 Å². The number of rotatable bonds is 2. The minimum atomic E-state index is 0.0447. The minimum Gasteiger partial charge on any atom is -0.398 e. The molecule has 0 radical (unpaired) electrons. The van der Waals surface area contributed by atoms with Crippen LogP contribution in [0.4, 0.5) is 11.4 Å². The molecule has 1 aromatic carbocycles. The number of benzene rings is 1. The van der Waals surface area contributed by atoms with Crippen molar-refractivity contribution in [2.24, 2.45) is 5.92 Å². The molecule has 2 N–H and O–H groups in total. The molecule has 0 amide bonds. The average molecular weight is 272 g/mol. The molecular formula is C17H24N2O. The summed E-state index contributed by atoms with van der Waals surface area (Å²) in [6, 6.07) is 6.64. The van der Waals surface area contributed by atoms with E-state index in [0.29, 0.717) is 17.3 Å². The number of piperidine rings is 1. The maximum absolute atomic E-state index is 11.5. The second kappa shape index (κ2) is 5.47. The van der Waals surface area contributed by atoms with Gasteiger partial charge in [0.2, 0.25) is 0 Å². The fourth-order valence-electron chi connectivity index (χ4n) is 3.99. The zero-order valence-electron chi connectivity index (χ0n) is 12.3. The highest BCUT2D eigenvalue weighted by molar-refractivity contribution is 5.99. The summed E-state index contributed by atoms with van der Waals surface area (Å²) < 4.78 is 0. The second-order valence-electron chi connectivity index (χ2n) is 6.28. The molecule has 2 fully saturated rings. The van der Waals surface area contributed by atoms with Gasteiger partial charge in [-0.25, -0.2) is 0 Å². The number of nitrogens with zero attached hydrogens (tertiary/aromatic N) is 1. The highest BCUT2D eigenvalue weighted by Crippen LogP contribution is 2.38. The van der Waals surface area contributed by atoms with Gasteiger partial charge in [0.15, 0.2) is 5.78 Å². The third kappa shape index (κ3) is 2.41. The smallest absolute Gasteiger partial charge is 0.161 e. The van der Waals surface area contributed by atoms with Gasteiger partial charge in [0.1, 0.15) is 0 Å². The summed E-state index contributed by atoms with van der Waals surface area (Å²) in [5.41, 5.74) is 8.51. The molecule has 1 aliphatic heterocycles. The molecule has 0 bridgehead atoms. The number of hydrogen-bond donors (Lipinski definition) is 1. The summed E-state index contributed by atoms with van der Waals surface area (Å²) in [4.78, 5) is 14.0. The van der Waals surface area contributed by atoms with Crippen LogP contribution >= 0.6 is 0 Å². The van der Waals surface area contributed by atoms with Crippen molar-refractivity contribution in [1.29, 1.82) is 0 Å². The first-order valence-electron chi connectivity index (χ1n) is 7.84. The van der Waals surface area contributed by atoms with Crippen LogP contribution in [-0.4, -0.2) is 18.4 Å². The third-order valence-corrected chi connectivity index (χ3v) is 4.99. The van der Waals surface area contributed by atoms with Gasteiger partial charge in [0.05, 0.1) is 0 Å². The standard InChI is InChI=1S/C17H24N2O/c1-12(20)15-9-8-14(11-16(15)18)19-10-4-6-13-5-2-3-7-17(13)19/h8-9,11,13,17H,2-7,10,18H2,1H3/t13-,17-/m1/s1. The number of carbonyl (C=O) groups excluding carboxylic acids is 1. The first-order chi connectivity index (χ1) is 9.66. The number of ketones is 1. The number of nitrogen functional groups attached to an aromatic ring is 1. The summed E-state index contributed by atoms with van der Waals surface area (Å²) in [5.74, 6) is 0.898. The summed E-state index contributed by atoms with van der Waals surface area (Å²) in [7, 11) is 0. The van der Waals surface area contributed by atoms with Crippen LogP contribution in [0.5, 0.6) is 0 Å². The molecule has 1 heterocycles. The van der Waals surface area contributed by atoms with Gasteiger partial charge in [0.25, 0.3) is 0 Å². The third-order valence-electron chi connectivity index (χ3n) is 4.99. The van der Waals surface area contributed by atoms with Gasteiger partial charge < -0.3 is 10.6 Å². The average Bonchev–Trinajstić information content (AvgIpc) is 2.46. The lowest BCUT2D eigenvalue weighted by atomic mass is 9.78. The Kier molecular flexibility index (Phi) is 3.68. The number of nitrogens with two attached hydrogens (primary N) is 1. The molecule has 1 aromatic rings. The van der Waals surface area contributed by atoms with Crippen LogP contribution in [0.3, 0.4) is 0 Å². The molecule has 3 nitrogen and oxygen atoms in total. The van der Waals surface area contributed by atoms with E-state index in [2.05, 4.69) is 11.0 Å². The Labute approximate surface area is 121 Å². The summed E-state index contributed by atoms with van der Waals surface area (Å²) in [5, 5.41) is 0.